The van der Waals surface area contributed by atoms with Crippen molar-refractivity contribution in [3.63, 3.8) is 0 Å². The highest BCUT2D eigenvalue weighted by Gasteiger charge is 2.40. The molecule has 2 rings (SSSR count). The Hall–Kier alpha value is -0.860. The maximum atomic E-state index is 6.48. The first kappa shape index (κ1) is 15.5. The summed E-state index contributed by atoms with van der Waals surface area (Å²) in [5, 5.41) is 0. The Morgan fingerprint density at radius 1 is 1.25 bits per heavy atom. The van der Waals surface area contributed by atoms with Crippen LogP contribution in [-0.4, -0.2) is 23.5 Å². The topological polar surface area (TPSA) is 29.3 Å². The van der Waals surface area contributed by atoms with Crippen molar-refractivity contribution < 1.29 is 0 Å². The average Bonchev–Trinajstić information content (AvgIpc) is 2.87. The molecule has 112 valence electrons. The monoisotopic (exact) mass is 274 g/mol. The normalized spacial score (nSPS) is 23.8. The van der Waals surface area contributed by atoms with Gasteiger partial charge in [0.25, 0.3) is 0 Å². The second-order valence-corrected chi connectivity index (χ2v) is 7.19. The van der Waals surface area contributed by atoms with Crippen LogP contribution in [-0.2, 0) is 0 Å². The zero-order chi connectivity index (χ0) is 14.8. The van der Waals surface area contributed by atoms with Crippen LogP contribution in [0.15, 0.2) is 30.3 Å². The van der Waals surface area contributed by atoms with Gasteiger partial charge in [0.1, 0.15) is 0 Å². The number of nitrogens with two attached hydrogens (primary N) is 1. The Balaban J connectivity index is 2.28. The molecule has 1 aromatic rings. The molecule has 0 aromatic heterocycles. The minimum atomic E-state index is 0.215. The predicted octanol–water partition coefficient (Wildman–Crippen LogP) is 3.98. The van der Waals surface area contributed by atoms with E-state index in [2.05, 4.69) is 62.9 Å². The van der Waals surface area contributed by atoms with Gasteiger partial charge in [-0.3, -0.25) is 4.90 Å². The number of hydrogen-bond donors (Lipinski definition) is 1. The molecule has 20 heavy (non-hydrogen) atoms. The van der Waals surface area contributed by atoms with E-state index in [4.69, 9.17) is 5.73 Å². The van der Waals surface area contributed by atoms with Crippen molar-refractivity contribution in [2.24, 2.45) is 11.1 Å². The van der Waals surface area contributed by atoms with Crippen LogP contribution in [0.2, 0.25) is 0 Å². The minimum Gasteiger partial charge on any atom is -0.326 e. The fraction of sp³-hybridized carbons (Fsp3) is 0.667. The highest BCUT2D eigenvalue weighted by Crippen LogP contribution is 2.39. The van der Waals surface area contributed by atoms with Crippen LogP contribution in [0.1, 0.15) is 58.6 Å². The van der Waals surface area contributed by atoms with Crippen molar-refractivity contribution in [2.45, 2.75) is 65.1 Å². The molecule has 1 heterocycles. The quantitative estimate of drug-likeness (QED) is 0.900. The third kappa shape index (κ3) is 3.24. The summed E-state index contributed by atoms with van der Waals surface area (Å²) in [6, 6.07) is 12.2. The van der Waals surface area contributed by atoms with Gasteiger partial charge >= 0.3 is 0 Å². The molecular weight excluding hydrogens is 244 g/mol. The zero-order valence-corrected chi connectivity index (χ0v) is 13.5. The maximum absolute atomic E-state index is 6.48. The van der Waals surface area contributed by atoms with E-state index in [1.54, 1.807) is 0 Å². The second-order valence-electron chi connectivity index (χ2n) is 7.19. The number of benzene rings is 1. The Morgan fingerprint density at radius 2 is 1.90 bits per heavy atom. The Kier molecular flexibility index (Phi) is 4.87. The standard InChI is InChI=1S/C18H30N2/c1-5-15(19)17(18(2,3)4)20-13-9-12-16(20)14-10-7-6-8-11-14/h6-8,10-11,15-17H,5,9,12-13,19H2,1-4H3. The van der Waals surface area contributed by atoms with E-state index in [-0.39, 0.29) is 11.5 Å². The average molecular weight is 274 g/mol. The SMILES string of the molecule is CCC(N)C(N1CCCC1c1ccccc1)C(C)(C)C. The highest BCUT2D eigenvalue weighted by molar-refractivity contribution is 5.20. The van der Waals surface area contributed by atoms with Crippen molar-refractivity contribution in [1.82, 2.24) is 4.90 Å². The molecule has 1 aliphatic rings. The molecule has 2 N–H and O–H groups in total. The van der Waals surface area contributed by atoms with Gasteiger partial charge in [-0.1, -0.05) is 58.0 Å². The van der Waals surface area contributed by atoms with Crippen LogP contribution in [0, 0.1) is 5.41 Å². The van der Waals surface area contributed by atoms with Crippen molar-refractivity contribution in [3.8, 4) is 0 Å². The van der Waals surface area contributed by atoms with Gasteiger partial charge in [0, 0.05) is 18.1 Å². The van der Waals surface area contributed by atoms with E-state index in [1.807, 2.05) is 0 Å². The summed E-state index contributed by atoms with van der Waals surface area (Å²) in [4.78, 5) is 2.67. The highest BCUT2D eigenvalue weighted by atomic mass is 15.2. The molecule has 0 radical (unpaired) electrons. The maximum Gasteiger partial charge on any atom is 0.0352 e. The fourth-order valence-corrected chi connectivity index (χ4v) is 3.76. The molecular formula is C18H30N2. The molecule has 2 nitrogen and oxygen atoms in total. The van der Waals surface area contributed by atoms with E-state index in [0.717, 1.165) is 6.42 Å². The first-order valence-corrected chi connectivity index (χ1v) is 8.01. The molecule has 1 saturated heterocycles. The summed E-state index contributed by atoms with van der Waals surface area (Å²) in [7, 11) is 0. The van der Waals surface area contributed by atoms with Crippen molar-refractivity contribution >= 4 is 0 Å². The van der Waals surface area contributed by atoms with Gasteiger partial charge in [0.15, 0.2) is 0 Å². The number of likely N-dealkylation sites (tertiary alicyclic amines) is 1. The van der Waals surface area contributed by atoms with Crippen LogP contribution in [0.5, 0.6) is 0 Å². The van der Waals surface area contributed by atoms with E-state index >= 15 is 0 Å². The van der Waals surface area contributed by atoms with Gasteiger partial charge < -0.3 is 5.73 Å². The number of hydrogen-bond acceptors (Lipinski definition) is 2. The Morgan fingerprint density at radius 3 is 2.45 bits per heavy atom. The minimum absolute atomic E-state index is 0.215. The molecule has 3 unspecified atom stereocenters. The Bertz CT molecular complexity index is 407. The second kappa shape index (κ2) is 6.28. The predicted molar refractivity (Wildman–Crippen MR) is 86.6 cm³/mol. The van der Waals surface area contributed by atoms with Gasteiger partial charge in [-0.2, -0.15) is 0 Å². The first-order valence-electron chi connectivity index (χ1n) is 8.01. The van der Waals surface area contributed by atoms with E-state index in [0.29, 0.717) is 12.1 Å². The smallest absolute Gasteiger partial charge is 0.0352 e. The molecule has 0 bridgehead atoms. The molecule has 0 spiro atoms. The van der Waals surface area contributed by atoms with Gasteiger partial charge in [0.05, 0.1) is 0 Å². The van der Waals surface area contributed by atoms with Crippen molar-refractivity contribution in [1.29, 1.82) is 0 Å². The van der Waals surface area contributed by atoms with E-state index < -0.39 is 0 Å². The molecule has 1 aliphatic heterocycles. The lowest BCUT2D eigenvalue weighted by molar-refractivity contribution is 0.0651. The fourth-order valence-electron chi connectivity index (χ4n) is 3.76. The van der Waals surface area contributed by atoms with Crippen LogP contribution >= 0.6 is 0 Å². The van der Waals surface area contributed by atoms with Gasteiger partial charge in [0.2, 0.25) is 0 Å². The Labute approximate surface area is 124 Å². The lowest BCUT2D eigenvalue weighted by Crippen LogP contribution is -2.54. The third-order valence-corrected chi connectivity index (χ3v) is 4.60. The molecule has 0 saturated carbocycles. The first-order chi connectivity index (χ1) is 9.45. The number of rotatable bonds is 4. The van der Waals surface area contributed by atoms with Crippen molar-refractivity contribution in [3.05, 3.63) is 35.9 Å². The molecule has 1 aromatic carbocycles. The molecule has 1 fully saturated rings. The lowest BCUT2D eigenvalue weighted by atomic mass is 9.80. The van der Waals surface area contributed by atoms with E-state index in [1.165, 1.54) is 24.9 Å². The summed E-state index contributed by atoms with van der Waals surface area (Å²) in [6.07, 6.45) is 3.58. The van der Waals surface area contributed by atoms with E-state index in [9.17, 15) is 0 Å². The summed E-state index contributed by atoms with van der Waals surface area (Å²) < 4.78 is 0. The summed E-state index contributed by atoms with van der Waals surface area (Å²) in [5.74, 6) is 0. The number of nitrogens with zero attached hydrogens (tertiary/aromatic N) is 1. The van der Waals surface area contributed by atoms with Crippen LogP contribution in [0.3, 0.4) is 0 Å². The lowest BCUT2D eigenvalue weighted by Gasteiger charge is -2.44. The molecule has 2 heteroatoms. The zero-order valence-electron chi connectivity index (χ0n) is 13.5. The van der Waals surface area contributed by atoms with Crippen LogP contribution < -0.4 is 5.73 Å². The largest absolute Gasteiger partial charge is 0.326 e. The molecule has 0 amide bonds. The van der Waals surface area contributed by atoms with Gasteiger partial charge in [-0.15, -0.1) is 0 Å². The summed E-state index contributed by atoms with van der Waals surface area (Å²) in [6.45, 7) is 10.4. The van der Waals surface area contributed by atoms with Gasteiger partial charge in [-0.05, 0) is 36.8 Å². The summed E-state index contributed by atoms with van der Waals surface area (Å²) >= 11 is 0. The molecule has 3 atom stereocenters. The van der Waals surface area contributed by atoms with Crippen LogP contribution in [0.4, 0.5) is 0 Å². The van der Waals surface area contributed by atoms with Crippen molar-refractivity contribution in [2.75, 3.05) is 6.54 Å². The van der Waals surface area contributed by atoms with Crippen LogP contribution in [0.25, 0.3) is 0 Å². The molecule has 0 aliphatic carbocycles. The summed E-state index contributed by atoms with van der Waals surface area (Å²) in [5.41, 5.74) is 8.14. The third-order valence-electron chi connectivity index (χ3n) is 4.60. The van der Waals surface area contributed by atoms with Gasteiger partial charge in [-0.25, -0.2) is 0 Å².